The summed E-state index contributed by atoms with van der Waals surface area (Å²) >= 11 is 3.38. The number of nitrogens with zero attached hydrogens (tertiary/aromatic N) is 1. The van der Waals surface area contributed by atoms with Gasteiger partial charge in [0.15, 0.2) is 0 Å². The Hall–Kier alpha value is -2.44. The Balaban J connectivity index is 1.49. The smallest absolute Gasteiger partial charge is 0.251 e. The second-order valence-electron chi connectivity index (χ2n) is 5.65. The van der Waals surface area contributed by atoms with Crippen LogP contribution in [0.25, 0.3) is 10.6 Å². The molecule has 0 aliphatic carbocycles. The third-order valence-corrected chi connectivity index (χ3v) is 5.62. The highest BCUT2D eigenvalue weighted by Gasteiger charge is 2.08. The summed E-state index contributed by atoms with van der Waals surface area (Å²) in [6.07, 6.45) is 2.49. The summed E-state index contributed by atoms with van der Waals surface area (Å²) in [6.45, 7) is 6.67. The van der Waals surface area contributed by atoms with Crippen molar-refractivity contribution in [3.8, 4) is 16.3 Å². The molecule has 0 aliphatic heterocycles. The Labute approximate surface area is 161 Å². The highest BCUT2D eigenvalue weighted by atomic mass is 32.1. The summed E-state index contributed by atoms with van der Waals surface area (Å²) in [4.78, 5) is 19.1. The van der Waals surface area contributed by atoms with Crippen LogP contribution < -0.4 is 10.1 Å². The molecule has 2 heterocycles. The predicted octanol–water partition coefficient (Wildman–Crippen LogP) is 4.72. The maximum absolute atomic E-state index is 12.2. The van der Waals surface area contributed by atoms with Crippen LogP contribution in [0.5, 0.6) is 5.75 Å². The minimum Gasteiger partial charge on any atom is -0.490 e. The summed E-state index contributed by atoms with van der Waals surface area (Å²) in [5, 5.41) is 6.11. The lowest BCUT2D eigenvalue weighted by atomic mass is 10.2. The molecule has 0 saturated heterocycles. The van der Waals surface area contributed by atoms with Gasteiger partial charge >= 0.3 is 0 Å². The van der Waals surface area contributed by atoms with E-state index in [0.29, 0.717) is 18.7 Å². The van der Waals surface area contributed by atoms with E-state index in [1.807, 2.05) is 6.92 Å². The molecule has 4 nitrogen and oxygen atoms in total. The fraction of sp³-hybridized carbons (Fsp3) is 0.200. The zero-order valence-corrected chi connectivity index (χ0v) is 16.2. The number of amides is 1. The van der Waals surface area contributed by atoms with Crippen molar-refractivity contribution in [3.63, 3.8) is 0 Å². The van der Waals surface area contributed by atoms with Crippen LogP contribution in [0.4, 0.5) is 0 Å². The van der Waals surface area contributed by atoms with Crippen LogP contribution in [0.2, 0.25) is 0 Å². The predicted molar refractivity (Wildman–Crippen MR) is 108 cm³/mol. The first kappa shape index (κ1) is 18.4. The molecule has 0 bridgehead atoms. The molecule has 0 fully saturated rings. The molecule has 134 valence electrons. The molecule has 0 spiro atoms. The Morgan fingerprint density at radius 1 is 1.27 bits per heavy atom. The SMILES string of the molecule is C=CCOc1ccc(C(=O)NCCc2ccc(-c3csc(C)n3)s2)cc1. The Morgan fingerprint density at radius 3 is 2.77 bits per heavy atom. The van der Waals surface area contributed by atoms with Crippen molar-refractivity contribution in [2.24, 2.45) is 0 Å². The van der Waals surface area contributed by atoms with Gasteiger partial charge in [0.05, 0.1) is 15.6 Å². The van der Waals surface area contributed by atoms with Gasteiger partial charge in [0.1, 0.15) is 12.4 Å². The maximum Gasteiger partial charge on any atom is 0.251 e. The summed E-state index contributed by atoms with van der Waals surface area (Å²) in [7, 11) is 0. The Kier molecular flexibility index (Phi) is 6.20. The number of ether oxygens (including phenoxy) is 1. The fourth-order valence-electron chi connectivity index (χ4n) is 2.39. The van der Waals surface area contributed by atoms with Gasteiger partial charge in [-0.2, -0.15) is 0 Å². The van der Waals surface area contributed by atoms with E-state index >= 15 is 0 Å². The first-order valence-electron chi connectivity index (χ1n) is 8.29. The highest BCUT2D eigenvalue weighted by molar-refractivity contribution is 7.16. The first-order valence-corrected chi connectivity index (χ1v) is 9.98. The number of hydrogen-bond donors (Lipinski definition) is 1. The van der Waals surface area contributed by atoms with Crippen LogP contribution in [-0.2, 0) is 6.42 Å². The van der Waals surface area contributed by atoms with Crippen LogP contribution in [0.15, 0.2) is 54.4 Å². The van der Waals surface area contributed by atoms with Crippen molar-refractivity contribution >= 4 is 28.6 Å². The van der Waals surface area contributed by atoms with Crippen molar-refractivity contribution in [2.45, 2.75) is 13.3 Å². The topological polar surface area (TPSA) is 51.2 Å². The van der Waals surface area contributed by atoms with Gasteiger partial charge in [0.2, 0.25) is 0 Å². The molecule has 0 unspecified atom stereocenters. The molecule has 3 aromatic rings. The standard InChI is InChI=1S/C20H20N2O2S2/c1-3-12-24-16-6-4-15(5-7-16)20(23)21-11-10-17-8-9-19(26-17)18-13-25-14(2)22-18/h3-9,13H,1,10-12H2,2H3,(H,21,23). The fourth-order valence-corrected chi connectivity index (χ4v) is 4.04. The molecule has 0 aliphatic rings. The summed E-state index contributed by atoms with van der Waals surface area (Å²) < 4.78 is 5.42. The number of thiophene rings is 1. The molecule has 6 heteroatoms. The van der Waals surface area contributed by atoms with E-state index in [1.54, 1.807) is 53.0 Å². The molecular weight excluding hydrogens is 364 g/mol. The van der Waals surface area contributed by atoms with Gasteiger partial charge in [-0.3, -0.25) is 4.79 Å². The number of benzene rings is 1. The third kappa shape index (κ3) is 4.80. The molecule has 1 aromatic carbocycles. The largest absolute Gasteiger partial charge is 0.490 e. The van der Waals surface area contributed by atoms with Gasteiger partial charge in [-0.05, 0) is 49.7 Å². The Morgan fingerprint density at radius 2 is 2.08 bits per heavy atom. The molecule has 2 aromatic heterocycles. The van der Waals surface area contributed by atoms with Crippen molar-refractivity contribution in [1.82, 2.24) is 10.3 Å². The van der Waals surface area contributed by atoms with E-state index in [4.69, 9.17) is 4.74 Å². The van der Waals surface area contributed by atoms with Gasteiger partial charge in [-0.25, -0.2) is 4.98 Å². The van der Waals surface area contributed by atoms with Gasteiger partial charge in [-0.1, -0.05) is 12.7 Å². The number of aryl methyl sites for hydroxylation is 1. The average molecular weight is 385 g/mol. The lowest BCUT2D eigenvalue weighted by molar-refractivity contribution is 0.0954. The molecule has 0 radical (unpaired) electrons. The number of nitrogens with one attached hydrogen (secondary N) is 1. The summed E-state index contributed by atoms with van der Waals surface area (Å²) in [5.41, 5.74) is 1.66. The van der Waals surface area contributed by atoms with Gasteiger partial charge in [0.25, 0.3) is 5.91 Å². The van der Waals surface area contributed by atoms with Gasteiger partial charge < -0.3 is 10.1 Å². The van der Waals surface area contributed by atoms with E-state index in [1.165, 1.54) is 9.75 Å². The second-order valence-corrected chi connectivity index (χ2v) is 7.88. The molecular formula is C20H20N2O2S2. The van der Waals surface area contributed by atoms with E-state index in [-0.39, 0.29) is 5.91 Å². The number of rotatable bonds is 8. The molecule has 0 saturated carbocycles. The maximum atomic E-state index is 12.2. The van der Waals surface area contributed by atoms with Crippen LogP contribution in [-0.4, -0.2) is 24.0 Å². The number of carbonyl (C=O) groups excluding carboxylic acids is 1. The van der Waals surface area contributed by atoms with E-state index in [0.717, 1.165) is 22.9 Å². The number of hydrogen-bond acceptors (Lipinski definition) is 5. The first-order chi connectivity index (χ1) is 12.7. The lowest BCUT2D eigenvalue weighted by Gasteiger charge is -2.06. The molecule has 3 rings (SSSR count). The van der Waals surface area contributed by atoms with E-state index in [2.05, 4.69) is 34.4 Å². The zero-order chi connectivity index (χ0) is 18.4. The van der Waals surface area contributed by atoms with Crippen LogP contribution in [0.3, 0.4) is 0 Å². The quantitative estimate of drug-likeness (QED) is 0.572. The highest BCUT2D eigenvalue weighted by Crippen LogP contribution is 2.29. The van der Waals surface area contributed by atoms with Crippen molar-refractivity contribution < 1.29 is 9.53 Å². The minimum atomic E-state index is -0.0767. The number of thiazole rings is 1. The van der Waals surface area contributed by atoms with Gasteiger partial charge in [0, 0.05) is 22.4 Å². The van der Waals surface area contributed by atoms with E-state index < -0.39 is 0 Å². The molecule has 1 amide bonds. The Bertz CT molecular complexity index is 881. The van der Waals surface area contributed by atoms with Crippen molar-refractivity contribution in [3.05, 3.63) is 69.9 Å². The van der Waals surface area contributed by atoms with Gasteiger partial charge in [-0.15, -0.1) is 22.7 Å². The number of carbonyl (C=O) groups is 1. The van der Waals surface area contributed by atoms with Crippen LogP contribution >= 0.6 is 22.7 Å². The lowest BCUT2D eigenvalue weighted by Crippen LogP contribution is -2.25. The normalized spacial score (nSPS) is 10.5. The average Bonchev–Trinajstić information content (AvgIpc) is 3.29. The van der Waals surface area contributed by atoms with Crippen molar-refractivity contribution in [2.75, 3.05) is 13.2 Å². The van der Waals surface area contributed by atoms with Crippen LogP contribution in [0, 0.1) is 6.92 Å². The van der Waals surface area contributed by atoms with E-state index in [9.17, 15) is 4.79 Å². The zero-order valence-electron chi connectivity index (χ0n) is 14.5. The summed E-state index contributed by atoms with van der Waals surface area (Å²) in [5.74, 6) is 0.650. The number of aromatic nitrogens is 1. The third-order valence-electron chi connectivity index (χ3n) is 3.67. The molecule has 26 heavy (non-hydrogen) atoms. The molecule has 1 N–H and O–H groups in total. The summed E-state index contributed by atoms with van der Waals surface area (Å²) in [6, 6.07) is 11.3. The molecule has 0 atom stereocenters. The monoisotopic (exact) mass is 384 g/mol. The second kappa shape index (κ2) is 8.78. The minimum absolute atomic E-state index is 0.0767. The van der Waals surface area contributed by atoms with Crippen molar-refractivity contribution in [1.29, 1.82) is 0 Å². The van der Waals surface area contributed by atoms with Crippen LogP contribution in [0.1, 0.15) is 20.2 Å².